The summed E-state index contributed by atoms with van der Waals surface area (Å²) in [5.41, 5.74) is 1.46. The molecule has 148 valence electrons. The van der Waals surface area contributed by atoms with E-state index >= 15 is 0 Å². The smallest absolute Gasteiger partial charge is 0.257 e. The van der Waals surface area contributed by atoms with Gasteiger partial charge in [-0.25, -0.2) is 4.39 Å². The molecule has 29 heavy (non-hydrogen) atoms. The summed E-state index contributed by atoms with van der Waals surface area (Å²) in [6.45, 7) is 0.527. The Morgan fingerprint density at radius 3 is 2.52 bits per heavy atom. The molecule has 1 aromatic heterocycles. The second-order valence-electron chi connectivity index (χ2n) is 6.19. The van der Waals surface area contributed by atoms with Crippen LogP contribution in [0.4, 0.5) is 10.1 Å². The van der Waals surface area contributed by atoms with E-state index in [9.17, 15) is 14.0 Å². The summed E-state index contributed by atoms with van der Waals surface area (Å²) in [5.74, 6) is 0.0795. The molecule has 0 saturated carbocycles. The van der Waals surface area contributed by atoms with Crippen LogP contribution in [0.5, 0.6) is 0 Å². The van der Waals surface area contributed by atoms with E-state index in [2.05, 4.69) is 15.6 Å². The first-order valence-corrected chi connectivity index (χ1v) is 10.1. The topological polar surface area (TPSA) is 71.1 Å². The standard InChI is InChI=1S/C22H20FN3O2S/c23-18-7-9-20(10-8-18)29-13-3-12-25-21(27)16-4-1-6-19(14-16)26-22(28)17-5-2-11-24-15-17/h1-2,4-11,14-15H,3,12-13H2,(H,25,27)(H,26,28). The highest BCUT2D eigenvalue weighted by Crippen LogP contribution is 2.18. The summed E-state index contributed by atoms with van der Waals surface area (Å²) >= 11 is 1.61. The summed E-state index contributed by atoms with van der Waals surface area (Å²) in [5, 5.41) is 5.63. The van der Waals surface area contributed by atoms with Gasteiger partial charge in [0, 0.05) is 35.1 Å². The Morgan fingerprint density at radius 1 is 0.966 bits per heavy atom. The predicted molar refractivity (Wildman–Crippen MR) is 113 cm³/mol. The van der Waals surface area contributed by atoms with E-state index in [0.717, 1.165) is 17.1 Å². The van der Waals surface area contributed by atoms with Gasteiger partial charge in [-0.1, -0.05) is 6.07 Å². The number of halogens is 1. The van der Waals surface area contributed by atoms with Crippen molar-refractivity contribution in [1.82, 2.24) is 10.3 Å². The van der Waals surface area contributed by atoms with Crippen LogP contribution in [0.2, 0.25) is 0 Å². The summed E-state index contributed by atoms with van der Waals surface area (Å²) in [4.78, 5) is 29.5. The maximum absolute atomic E-state index is 12.9. The molecule has 0 aliphatic heterocycles. The van der Waals surface area contributed by atoms with Crippen LogP contribution >= 0.6 is 11.8 Å². The van der Waals surface area contributed by atoms with Crippen molar-refractivity contribution in [2.45, 2.75) is 11.3 Å². The number of nitrogens with one attached hydrogen (secondary N) is 2. The maximum Gasteiger partial charge on any atom is 0.257 e. The van der Waals surface area contributed by atoms with Crippen molar-refractivity contribution in [3.05, 3.63) is 90.0 Å². The molecule has 0 atom stereocenters. The lowest BCUT2D eigenvalue weighted by Crippen LogP contribution is -2.25. The Hall–Kier alpha value is -3.19. The van der Waals surface area contributed by atoms with Gasteiger partial charge in [-0.3, -0.25) is 14.6 Å². The molecule has 2 N–H and O–H groups in total. The molecule has 3 rings (SSSR count). The van der Waals surface area contributed by atoms with Crippen molar-refractivity contribution in [2.75, 3.05) is 17.6 Å². The third-order valence-corrected chi connectivity index (χ3v) is 5.09. The number of anilines is 1. The Bertz CT molecular complexity index is 965. The minimum Gasteiger partial charge on any atom is -0.352 e. The van der Waals surface area contributed by atoms with Crippen LogP contribution in [0.15, 0.2) is 78.0 Å². The van der Waals surface area contributed by atoms with E-state index in [1.54, 1.807) is 66.5 Å². The molecule has 5 nitrogen and oxygen atoms in total. The van der Waals surface area contributed by atoms with Crippen molar-refractivity contribution < 1.29 is 14.0 Å². The van der Waals surface area contributed by atoms with Gasteiger partial charge in [0.1, 0.15) is 5.82 Å². The lowest BCUT2D eigenvalue weighted by Gasteiger charge is -2.08. The van der Waals surface area contributed by atoms with Gasteiger partial charge < -0.3 is 10.6 Å². The summed E-state index contributed by atoms with van der Waals surface area (Å²) in [6, 6.07) is 16.5. The predicted octanol–water partition coefficient (Wildman–Crippen LogP) is 4.39. The molecule has 0 fully saturated rings. The van der Waals surface area contributed by atoms with Gasteiger partial charge in [0.2, 0.25) is 0 Å². The van der Waals surface area contributed by atoms with Gasteiger partial charge in [-0.05, 0) is 66.8 Å². The Labute approximate surface area is 172 Å². The zero-order valence-corrected chi connectivity index (χ0v) is 16.4. The van der Waals surface area contributed by atoms with Gasteiger partial charge in [0.15, 0.2) is 0 Å². The quantitative estimate of drug-likeness (QED) is 0.428. The highest BCUT2D eigenvalue weighted by atomic mass is 32.2. The third-order valence-electron chi connectivity index (χ3n) is 4.00. The average Bonchev–Trinajstić information content (AvgIpc) is 2.75. The summed E-state index contributed by atoms with van der Waals surface area (Å²) < 4.78 is 12.9. The number of nitrogens with zero attached hydrogens (tertiary/aromatic N) is 1. The number of amides is 2. The normalized spacial score (nSPS) is 10.4. The Balaban J connectivity index is 1.45. The van der Waals surface area contributed by atoms with Crippen LogP contribution in [-0.4, -0.2) is 29.1 Å². The van der Waals surface area contributed by atoms with Gasteiger partial charge >= 0.3 is 0 Å². The molecule has 0 aliphatic rings. The molecule has 7 heteroatoms. The van der Waals surface area contributed by atoms with E-state index in [0.29, 0.717) is 23.4 Å². The number of carbonyl (C=O) groups excluding carboxylic acids is 2. The molecular formula is C22H20FN3O2S. The number of hydrogen-bond acceptors (Lipinski definition) is 4. The molecule has 0 unspecified atom stereocenters. The Morgan fingerprint density at radius 2 is 1.76 bits per heavy atom. The number of rotatable bonds is 8. The van der Waals surface area contributed by atoms with Gasteiger partial charge in [0.05, 0.1) is 5.56 Å². The lowest BCUT2D eigenvalue weighted by atomic mass is 10.1. The van der Waals surface area contributed by atoms with Crippen molar-refractivity contribution in [3.8, 4) is 0 Å². The van der Waals surface area contributed by atoms with E-state index in [4.69, 9.17) is 0 Å². The maximum atomic E-state index is 12.9. The minimum absolute atomic E-state index is 0.200. The summed E-state index contributed by atoms with van der Waals surface area (Å²) in [7, 11) is 0. The molecule has 1 heterocycles. The van der Waals surface area contributed by atoms with Gasteiger partial charge in [-0.2, -0.15) is 0 Å². The van der Waals surface area contributed by atoms with Crippen molar-refractivity contribution in [3.63, 3.8) is 0 Å². The molecule has 3 aromatic rings. The van der Waals surface area contributed by atoms with Gasteiger partial charge in [0.25, 0.3) is 11.8 Å². The third kappa shape index (κ3) is 6.43. The monoisotopic (exact) mass is 409 g/mol. The number of pyridine rings is 1. The van der Waals surface area contributed by atoms with Crippen LogP contribution in [-0.2, 0) is 0 Å². The SMILES string of the molecule is O=C(NCCCSc1ccc(F)cc1)c1cccc(NC(=O)c2cccnc2)c1. The fourth-order valence-corrected chi connectivity index (χ4v) is 3.39. The Kier molecular flexibility index (Phi) is 7.35. The van der Waals surface area contributed by atoms with E-state index in [1.165, 1.54) is 18.3 Å². The van der Waals surface area contributed by atoms with Crippen molar-refractivity contribution >= 4 is 29.3 Å². The molecule has 2 aromatic carbocycles. The lowest BCUT2D eigenvalue weighted by molar-refractivity contribution is 0.0952. The molecule has 0 spiro atoms. The second-order valence-corrected chi connectivity index (χ2v) is 7.36. The van der Waals surface area contributed by atoms with Crippen LogP contribution in [0, 0.1) is 5.82 Å². The van der Waals surface area contributed by atoms with Crippen LogP contribution in [0.1, 0.15) is 27.1 Å². The first-order valence-electron chi connectivity index (χ1n) is 9.10. The fraction of sp³-hybridized carbons (Fsp3) is 0.136. The minimum atomic E-state index is -0.284. The first kappa shape index (κ1) is 20.5. The zero-order valence-electron chi connectivity index (χ0n) is 15.6. The van der Waals surface area contributed by atoms with E-state index in [-0.39, 0.29) is 17.6 Å². The molecule has 0 radical (unpaired) electrons. The van der Waals surface area contributed by atoms with Crippen molar-refractivity contribution in [2.24, 2.45) is 0 Å². The first-order chi connectivity index (χ1) is 14.1. The second kappa shape index (κ2) is 10.4. The molecule has 0 bridgehead atoms. The molecule has 2 amide bonds. The number of hydrogen-bond donors (Lipinski definition) is 2. The number of thioether (sulfide) groups is 1. The number of aromatic nitrogens is 1. The van der Waals surface area contributed by atoms with Crippen LogP contribution in [0.25, 0.3) is 0 Å². The molecule has 0 aliphatic carbocycles. The number of carbonyl (C=O) groups is 2. The van der Waals surface area contributed by atoms with E-state index < -0.39 is 0 Å². The molecular weight excluding hydrogens is 389 g/mol. The fourth-order valence-electron chi connectivity index (χ4n) is 2.54. The zero-order chi connectivity index (χ0) is 20.5. The largest absolute Gasteiger partial charge is 0.352 e. The average molecular weight is 409 g/mol. The van der Waals surface area contributed by atoms with E-state index in [1.807, 2.05) is 0 Å². The summed E-state index contributed by atoms with van der Waals surface area (Å²) in [6.07, 6.45) is 3.86. The highest BCUT2D eigenvalue weighted by molar-refractivity contribution is 7.99. The highest BCUT2D eigenvalue weighted by Gasteiger charge is 2.09. The van der Waals surface area contributed by atoms with Gasteiger partial charge in [-0.15, -0.1) is 11.8 Å². The van der Waals surface area contributed by atoms with Crippen LogP contribution in [0.3, 0.4) is 0 Å². The molecule has 0 saturated heterocycles. The van der Waals surface area contributed by atoms with Crippen LogP contribution < -0.4 is 10.6 Å². The van der Waals surface area contributed by atoms with Crippen molar-refractivity contribution in [1.29, 1.82) is 0 Å². The number of benzene rings is 2.